The van der Waals surface area contributed by atoms with Gasteiger partial charge in [-0.05, 0) is 30.5 Å². The predicted molar refractivity (Wildman–Crippen MR) is 98.1 cm³/mol. The molecule has 0 saturated carbocycles. The molecule has 144 valence electrons. The molecule has 0 unspecified atom stereocenters. The summed E-state index contributed by atoms with van der Waals surface area (Å²) in [7, 11) is 3.11. The number of carbonyl (C=O) groups excluding carboxylic acids is 3. The normalized spacial score (nSPS) is 21.2. The Bertz CT molecular complexity index is 748. The molecule has 1 fully saturated rings. The highest BCUT2D eigenvalue weighted by Crippen LogP contribution is 2.35. The molecular weight excluding hydrogens is 348 g/mol. The van der Waals surface area contributed by atoms with E-state index in [0.29, 0.717) is 30.9 Å². The molecule has 1 aromatic carbocycles. The SMILES string of the molecule is COc1ccc(CNC(=O)CCN2C(=O)[C@H]3CC=CC[C@@H]3C2=O)cc1OC. The number of likely N-dealkylation sites (tertiary alicyclic amines) is 1. The average Bonchev–Trinajstić information content (AvgIpc) is 2.95. The van der Waals surface area contributed by atoms with Crippen molar-refractivity contribution in [1.29, 1.82) is 0 Å². The highest BCUT2D eigenvalue weighted by atomic mass is 16.5. The van der Waals surface area contributed by atoms with Crippen molar-refractivity contribution < 1.29 is 23.9 Å². The number of ether oxygens (including phenoxy) is 2. The third kappa shape index (κ3) is 3.97. The van der Waals surface area contributed by atoms with Crippen LogP contribution in [0.2, 0.25) is 0 Å². The number of allylic oxidation sites excluding steroid dienone is 2. The second kappa shape index (κ2) is 8.24. The first-order valence-corrected chi connectivity index (χ1v) is 9.03. The van der Waals surface area contributed by atoms with E-state index in [1.807, 2.05) is 18.2 Å². The van der Waals surface area contributed by atoms with Crippen LogP contribution in [0.4, 0.5) is 0 Å². The minimum Gasteiger partial charge on any atom is -0.493 e. The third-order valence-electron chi connectivity index (χ3n) is 5.10. The summed E-state index contributed by atoms with van der Waals surface area (Å²) in [5.41, 5.74) is 0.867. The summed E-state index contributed by atoms with van der Waals surface area (Å²) in [5, 5.41) is 2.81. The molecule has 3 amide bonds. The number of rotatable bonds is 7. The maximum Gasteiger partial charge on any atom is 0.233 e. The summed E-state index contributed by atoms with van der Waals surface area (Å²) in [6.45, 7) is 0.457. The standard InChI is InChI=1S/C20H24N2O5/c1-26-16-8-7-13(11-17(16)27-2)12-21-18(23)9-10-22-19(24)14-5-3-4-6-15(14)20(22)25/h3-4,7-8,11,14-15H,5-6,9-10,12H2,1-2H3,(H,21,23)/t14-,15-/m0/s1. The average molecular weight is 372 g/mol. The van der Waals surface area contributed by atoms with Gasteiger partial charge in [-0.15, -0.1) is 0 Å². The molecule has 2 atom stereocenters. The van der Waals surface area contributed by atoms with Gasteiger partial charge in [-0.25, -0.2) is 0 Å². The number of fused-ring (bicyclic) bond motifs is 1. The molecule has 7 nitrogen and oxygen atoms in total. The Morgan fingerprint density at radius 1 is 1.07 bits per heavy atom. The van der Waals surface area contributed by atoms with Gasteiger partial charge in [0, 0.05) is 19.5 Å². The smallest absolute Gasteiger partial charge is 0.233 e. The molecule has 1 aliphatic heterocycles. The summed E-state index contributed by atoms with van der Waals surface area (Å²) in [4.78, 5) is 38.2. The molecule has 1 aliphatic carbocycles. The highest BCUT2D eigenvalue weighted by molar-refractivity contribution is 6.05. The fourth-order valence-corrected chi connectivity index (χ4v) is 3.58. The maximum absolute atomic E-state index is 12.4. The largest absolute Gasteiger partial charge is 0.493 e. The maximum atomic E-state index is 12.4. The van der Waals surface area contributed by atoms with E-state index in [4.69, 9.17) is 9.47 Å². The summed E-state index contributed by atoms with van der Waals surface area (Å²) in [6, 6.07) is 5.41. The van der Waals surface area contributed by atoms with Gasteiger partial charge in [-0.1, -0.05) is 18.2 Å². The quantitative estimate of drug-likeness (QED) is 0.581. The molecule has 27 heavy (non-hydrogen) atoms. The molecule has 1 heterocycles. The number of benzene rings is 1. The zero-order valence-corrected chi connectivity index (χ0v) is 15.6. The number of nitrogens with one attached hydrogen (secondary N) is 1. The number of hydrogen-bond donors (Lipinski definition) is 1. The second-order valence-corrected chi connectivity index (χ2v) is 6.70. The van der Waals surface area contributed by atoms with E-state index in [1.165, 1.54) is 4.90 Å². The van der Waals surface area contributed by atoms with Gasteiger partial charge in [0.25, 0.3) is 0 Å². The van der Waals surface area contributed by atoms with E-state index in [2.05, 4.69) is 5.32 Å². The van der Waals surface area contributed by atoms with Gasteiger partial charge < -0.3 is 14.8 Å². The van der Waals surface area contributed by atoms with Crippen molar-refractivity contribution in [3.05, 3.63) is 35.9 Å². The summed E-state index contributed by atoms with van der Waals surface area (Å²) < 4.78 is 10.4. The predicted octanol–water partition coefficient (Wildman–Crippen LogP) is 1.66. The van der Waals surface area contributed by atoms with Crippen LogP contribution in [0.15, 0.2) is 30.4 Å². The second-order valence-electron chi connectivity index (χ2n) is 6.70. The number of nitrogens with zero attached hydrogens (tertiary/aromatic N) is 1. The van der Waals surface area contributed by atoms with E-state index >= 15 is 0 Å². The first-order valence-electron chi connectivity index (χ1n) is 9.03. The molecular formula is C20H24N2O5. The van der Waals surface area contributed by atoms with Gasteiger partial charge in [0.15, 0.2) is 11.5 Å². The van der Waals surface area contributed by atoms with Crippen LogP contribution in [-0.4, -0.2) is 43.4 Å². The van der Waals surface area contributed by atoms with Crippen LogP contribution in [0.1, 0.15) is 24.8 Å². The summed E-state index contributed by atoms with van der Waals surface area (Å²) >= 11 is 0. The topological polar surface area (TPSA) is 84.9 Å². The lowest BCUT2D eigenvalue weighted by Crippen LogP contribution is -2.35. The van der Waals surface area contributed by atoms with Gasteiger partial charge in [0.1, 0.15) is 0 Å². The monoisotopic (exact) mass is 372 g/mol. The number of hydrogen-bond acceptors (Lipinski definition) is 5. The molecule has 0 bridgehead atoms. The zero-order chi connectivity index (χ0) is 19.4. The van der Waals surface area contributed by atoms with Crippen LogP contribution in [0.3, 0.4) is 0 Å². The number of methoxy groups -OCH3 is 2. The van der Waals surface area contributed by atoms with Crippen LogP contribution in [0, 0.1) is 11.8 Å². The molecule has 0 spiro atoms. The summed E-state index contributed by atoms with van der Waals surface area (Å²) in [5.74, 6) is 0.195. The minimum atomic E-state index is -0.252. The van der Waals surface area contributed by atoms with Crippen molar-refractivity contribution in [1.82, 2.24) is 10.2 Å². The molecule has 7 heteroatoms. The Morgan fingerprint density at radius 3 is 2.30 bits per heavy atom. The molecule has 2 aliphatic rings. The fourth-order valence-electron chi connectivity index (χ4n) is 3.58. The van der Waals surface area contributed by atoms with Crippen molar-refractivity contribution in [2.75, 3.05) is 20.8 Å². The van der Waals surface area contributed by atoms with E-state index in [9.17, 15) is 14.4 Å². The lowest BCUT2D eigenvalue weighted by Gasteiger charge is -2.14. The molecule has 1 saturated heterocycles. The Hall–Kier alpha value is -2.83. The van der Waals surface area contributed by atoms with Crippen LogP contribution >= 0.6 is 0 Å². The van der Waals surface area contributed by atoms with Crippen LogP contribution < -0.4 is 14.8 Å². The van der Waals surface area contributed by atoms with Crippen LogP contribution in [0.5, 0.6) is 11.5 Å². The van der Waals surface area contributed by atoms with Crippen molar-refractivity contribution >= 4 is 17.7 Å². The van der Waals surface area contributed by atoms with Crippen LogP contribution in [0.25, 0.3) is 0 Å². The van der Waals surface area contributed by atoms with Crippen molar-refractivity contribution in [2.24, 2.45) is 11.8 Å². The molecule has 0 radical (unpaired) electrons. The minimum absolute atomic E-state index is 0.0949. The Morgan fingerprint density at radius 2 is 1.70 bits per heavy atom. The lowest BCUT2D eigenvalue weighted by atomic mass is 9.85. The molecule has 3 rings (SSSR count). The first-order chi connectivity index (χ1) is 13.0. The van der Waals surface area contributed by atoms with Crippen molar-refractivity contribution in [2.45, 2.75) is 25.8 Å². The van der Waals surface area contributed by atoms with Crippen molar-refractivity contribution in [3.63, 3.8) is 0 Å². The van der Waals surface area contributed by atoms with Gasteiger partial charge >= 0.3 is 0 Å². The first kappa shape index (κ1) is 18.9. The van der Waals surface area contributed by atoms with Gasteiger partial charge in [-0.2, -0.15) is 0 Å². The fraction of sp³-hybridized carbons (Fsp3) is 0.450. The molecule has 1 N–H and O–H groups in total. The number of amides is 3. The van der Waals surface area contributed by atoms with E-state index in [0.717, 1.165) is 5.56 Å². The highest BCUT2D eigenvalue weighted by Gasteiger charge is 2.46. The van der Waals surface area contributed by atoms with Gasteiger partial charge in [0.2, 0.25) is 17.7 Å². The van der Waals surface area contributed by atoms with Gasteiger partial charge in [-0.3, -0.25) is 19.3 Å². The Balaban J connectivity index is 1.50. The number of imide groups is 1. The number of carbonyl (C=O) groups is 3. The molecule has 0 aromatic heterocycles. The summed E-state index contributed by atoms with van der Waals surface area (Å²) in [6.07, 6.45) is 5.21. The van der Waals surface area contributed by atoms with Crippen LogP contribution in [-0.2, 0) is 20.9 Å². The van der Waals surface area contributed by atoms with E-state index in [-0.39, 0.29) is 42.5 Å². The van der Waals surface area contributed by atoms with E-state index in [1.54, 1.807) is 26.4 Å². The van der Waals surface area contributed by atoms with Crippen molar-refractivity contribution in [3.8, 4) is 11.5 Å². The lowest BCUT2D eigenvalue weighted by molar-refractivity contribution is -0.140. The third-order valence-corrected chi connectivity index (χ3v) is 5.10. The zero-order valence-electron chi connectivity index (χ0n) is 15.6. The molecule has 1 aromatic rings. The Kier molecular flexibility index (Phi) is 5.78. The Labute approximate surface area is 158 Å². The van der Waals surface area contributed by atoms with Gasteiger partial charge in [0.05, 0.1) is 26.1 Å². The van der Waals surface area contributed by atoms with E-state index < -0.39 is 0 Å².